The van der Waals surface area contributed by atoms with Crippen LogP contribution >= 0.6 is 11.6 Å². The molecule has 2 heterocycles. The van der Waals surface area contributed by atoms with Crippen molar-refractivity contribution in [3.8, 4) is 5.88 Å². The molecule has 0 fully saturated rings. The molecule has 0 spiro atoms. The second kappa shape index (κ2) is 7.65. The Hall–Kier alpha value is -2.09. The van der Waals surface area contributed by atoms with Crippen molar-refractivity contribution in [3.63, 3.8) is 0 Å². The van der Waals surface area contributed by atoms with Crippen LogP contribution in [0, 0.1) is 6.92 Å². The van der Waals surface area contributed by atoms with Crippen molar-refractivity contribution in [2.75, 3.05) is 18.5 Å². The number of aromatic nitrogens is 3. The minimum absolute atomic E-state index is 0.115. The van der Waals surface area contributed by atoms with E-state index >= 15 is 0 Å². The molecule has 0 radical (unpaired) electrons. The normalized spacial score (nSPS) is 11.4. The van der Waals surface area contributed by atoms with E-state index in [0.29, 0.717) is 29.6 Å². The fraction of sp³-hybridized carbons (Fsp3) is 0.400. The predicted molar refractivity (Wildman–Crippen MR) is 84.4 cm³/mol. The molecule has 0 aliphatic carbocycles. The largest absolute Gasteiger partial charge is 0.476 e. The van der Waals surface area contributed by atoms with Crippen LogP contribution in [0.4, 0.5) is 19.0 Å². The highest BCUT2D eigenvalue weighted by molar-refractivity contribution is 6.33. The van der Waals surface area contributed by atoms with Crippen LogP contribution in [-0.2, 0) is 12.6 Å². The van der Waals surface area contributed by atoms with Gasteiger partial charge in [-0.05, 0) is 19.4 Å². The Kier molecular flexibility index (Phi) is 5.82. The summed E-state index contributed by atoms with van der Waals surface area (Å²) < 4.78 is 42.6. The van der Waals surface area contributed by atoms with Crippen molar-refractivity contribution in [2.45, 2.75) is 26.4 Å². The van der Waals surface area contributed by atoms with Gasteiger partial charge in [0.25, 0.3) is 0 Å². The van der Waals surface area contributed by atoms with Gasteiger partial charge in [-0.1, -0.05) is 18.5 Å². The van der Waals surface area contributed by atoms with Gasteiger partial charge in [0.15, 0.2) is 0 Å². The molecule has 0 amide bonds. The average molecular weight is 361 g/mol. The van der Waals surface area contributed by atoms with Crippen LogP contribution in [0.25, 0.3) is 0 Å². The molecule has 0 unspecified atom stereocenters. The fourth-order valence-corrected chi connectivity index (χ4v) is 2.21. The zero-order valence-electron chi connectivity index (χ0n) is 13.1. The van der Waals surface area contributed by atoms with Gasteiger partial charge in [-0.2, -0.15) is 13.2 Å². The smallest absolute Gasteiger partial charge is 0.417 e. The highest BCUT2D eigenvalue weighted by Gasteiger charge is 2.30. The summed E-state index contributed by atoms with van der Waals surface area (Å²) >= 11 is 6.19. The first-order valence-electron chi connectivity index (χ1n) is 7.24. The van der Waals surface area contributed by atoms with E-state index in [0.717, 1.165) is 18.0 Å². The lowest BCUT2D eigenvalue weighted by molar-refractivity contribution is -0.137. The lowest BCUT2D eigenvalue weighted by Gasteiger charge is -2.11. The maximum absolute atomic E-state index is 12.4. The second-order valence-corrected chi connectivity index (χ2v) is 5.27. The molecule has 0 aliphatic rings. The first kappa shape index (κ1) is 18.3. The van der Waals surface area contributed by atoms with E-state index in [2.05, 4.69) is 20.3 Å². The first-order chi connectivity index (χ1) is 11.3. The van der Waals surface area contributed by atoms with Gasteiger partial charge in [0.1, 0.15) is 23.3 Å². The van der Waals surface area contributed by atoms with Gasteiger partial charge < -0.3 is 10.1 Å². The Morgan fingerprint density at radius 2 is 2.00 bits per heavy atom. The Labute approximate surface area is 142 Å². The topological polar surface area (TPSA) is 59.9 Å². The molecular weight excluding hydrogens is 345 g/mol. The minimum atomic E-state index is -4.41. The third-order valence-electron chi connectivity index (χ3n) is 3.07. The highest BCUT2D eigenvalue weighted by Crippen LogP contribution is 2.29. The lowest BCUT2D eigenvalue weighted by atomic mass is 10.3. The zero-order valence-corrected chi connectivity index (χ0v) is 13.9. The Morgan fingerprint density at radius 3 is 2.58 bits per heavy atom. The molecule has 0 saturated carbocycles. The van der Waals surface area contributed by atoms with E-state index in [9.17, 15) is 13.2 Å². The van der Waals surface area contributed by atoms with Crippen LogP contribution in [0.3, 0.4) is 0 Å². The molecule has 0 bridgehead atoms. The van der Waals surface area contributed by atoms with Crippen molar-refractivity contribution in [1.82, 2.24) is 15.0 Å². The Morgan fingerprint density at radius 1 is 1.25 bits per heavy atom. The molecule has 2 rings (SSSR count). The molecule has 24 heavy (non-hydrogen) atoms. The van der Waals surface area contributed by atoms with E-state index < -0.39 is 11.7 Å². The molecule has 1 N–H and O–H groups in total. The quantitative estimate of drug-likeness (QED) is 0.791. The molecule has 2 aromatic rings. The predicted octanol–water partition coefficient (Wildman–Crippen LogP) is 3.91. The molecule has 130 valence electrons. The molecular formula is C15H16ClF3N4O. The number of nitrogens with zero attached hydrogens (tertiary/aromatic N) is 3. The molecule has 5 nitrogen and oxygen atoms in total. The van der Waals surface area contributed by atoms with E-state index in [1.54, 1.807) is 6.92 Å². The number of anilines is 1. The molecule has 0 aromatic carbocycles. The summed E-state index contributed by atoms with van der Waals surface area (Å²) in [6.45, 7) is 4.27. The summed E-state index contributed by atoms with van der Waals surface area (Å²) in [5, 5.41) is 3.47. The van der Waals surface area contributed by atoms with Gasteiger partial charge in [0.05, 0.1) is 17.8 Å². The molecule has 9 heteroatoms. The van der Waals surface area contributed by atoms with Crippen LogP contribution < -0.4 is 10.1 Å². The number of halogens is 4. The lowest BCUT2D eigenvalue weighted by Crippen LogP contribution is -2.14. The number of hydrogen-bond donors (Lipinski definition) is 1. The summed E-state index contributed by atoms with van der Waals surface area (Å²) in [6.07, 6.45) is -2.99. The summed E-state index contributed by atoms with van der Waals surface area (Å²) in [5.41, 5.74) is -0.0692. The van der Waals surface area contributed by atoms with Gasteiger partial charge in [0.2, 0.25) is 5.88 Å². The molecule has 2 aromatic heterocycles. The van der Waals surface area contributed by atoms with Crippen molar-refractivity contribution < 1.29 is 17.9 Å². The SMILES string of the molecule is CCc1nc(C)nc(NCCOc2ccc(C(F)(F)F)cn2)c1Cl. The monoisotopic (exact) mass is 360 g/mol. The number of hydrogen-bond acceptors (Lipinski definition) is 5. The van der Waals surface area contributed by atoms with E-state index in [1.165, 1.54) is 6.07 Å². The van der Waals surface area contributed by atoms with Crippen LogP contribution in [0.15, 0.2) is 18.3 Å². The maximum atomic E-state index is 12.4. The van der Waals surface area contributed by atoms with Gasteiger partial charge in [0, 0.05) is 12.3 Å². The van der Waals surface area contributed by atoms with Gasteiger partial charge in [-0.15, -0.1) is 0 Å². The third kappa shape index (κ3) is 4.70. The van der Waals surface area contributed by atoms with Crippen molar-refractivity contribution in [2.24, 2.45) is 0 Å². The van der Waals surface area contributed by atoms with Crippen LogP contribution in [0.5, 0.6) is 5.88 Å². The van der Waals surface area contributed by atoms with Crippen LogP contribution in [-0.4, -0.2) is 28.1 Å². The Bertz CT molecular complexity index is 692. The van der Waals surface area contributed by atoms with Crippen molar-refractivity contribution in [1.29, 1.82) is 0 Å². The first-order valence-corrected chi connectivity index (χ1v) is 7.62. The van der Waals surface area contributed by atoms with Gasteiger partial charge in [-0.25, -0.2) is 15.0 Å². The van der Waals surface area contributed by atoms with E-state index in [4.69, 9.17) is 16.3 Å². The minimum Gasteiger partial charge on any atom is -0.476 e. The van der Waals surface area contributed by atoms with Crippen molar-refractivity contribution >= 4 is 17.4 Å². The Balaban J connectivity index is 1.88. The van der Waals surface area contributed by atoms with Crippen LogP contribution in [0.1, 0.15) is 24.0 Å². The summed E-state index contributed by atoms with van der Waals surface area (Å²) in [4.78, 5) is 12.1. The maximum Gasteiger partial charge on any atom is 0.417 e. The number of alkyl halides is 3. The van der Waals surface area contributed by atoms with Crippen LogP contribution in [0.2, 0.25) is 5.02 Å². The molecule has 0 saturated heterocycles. The van der Waals surface area contributed by atoms with E-state index in [1.807, 2.05) is 6.92 Å². The van der Waals surface area contributed by atoms with Crippen molar-refractivity contribution in [3.05, 3.63) is 40.4 Å². The highest BCUT2D eigenvalue weighted by atomic mass is 35.5. The zero-order chi connectivity index (χ0) is 17.7. The third-order valence-corrected chi connectivity index (χ3v) is 3.47. The van der Waals surface area contributed by atoms with E-state index in [-0.39, 0.29) is 12.5 Å². The number of rotatable bonds is 6. The van der Waals surface area contributed by atoms with Gasteiger partial charge in [-0.3, -0.25) is 0 Å². The summed E-state index contributed by atoms with van der Waals surface area (Å²) in [7, 11) is 0. The summed E-state index contributed by atoms with van der Waals surface area (Å²) in [6, 6.07) is 2.10. The fourth-order valence-electron chi connectivity index (χ4n) is 1.93. The molecule has 0 aliphatic heterocycles. The number of ether oxygens (including phenoxy) is 1. The standard InChI is InChI=1S/C15H16ClF3N4O/c1-3-11-13(16)14(23-9(2)22-11)20-6-7-24-12-5-4-10(8-21-12)15(17,18)19/h4-5,8H,3,6-7H2,1-2H3,(H,20,22,23). The number of nitrogens with one attached hydrogen (secondary N) is 1. The molecule has 0 atom stereocenters. The summed E-state index contributed by atoms with van der Waals surface area (Å²) in [5.74, 6) is 1.22. The average Bonchev–Trinajstić information content (AvgIpc) is 2.53. The number of aryl methyl sites for hydroxylation is 2. The second-order valence-electron chi connectivity index (χ2n) is 4.89. The number of pyridine rings is 1. The van der Waals surface area contributed by atoms with Gasteiger partial charge >= 0.3 is 6.18 Å².